The van der Waals surface area contributed by atoms with E-state index in [0.717, 1.165) is 6.08 Å². The van der Waals surface area contributed by atoms with Gasteiger partial charge in [0.1, 0.15) is 18.4 Å². The zero-order chi connectivity index (χ0) is 21.6. The summed E-state index contributed by atoms with van der Waals surface area (Å²) in [7, 11) is 0. The lowest BCUT2D eigenvalue weighted by molar-refractivity contribution is -0.221. The Balaban J connectivity index is 1.86. The van der Waals surface area contributed by atoms with E-state index >= 15 is 8.78 Å². The zero-order valence-corrected chi connectivity index (χ0v) is 17.9. The molecule has 4 aliphatic rings. The van der Waals surface area contributed by atoms with Crippen LogP contribution in [0.4, 0.5) is 8.78 Å². The smallest absolute Gasteiger partial charge is 0.192 e. The van der Waals surface area contributed by atoms with Crippen molar-refractivity contribution in [2.24, 2.45) is 22.7 Å². The van der Waals surface area contributed by atoms with Gasteiger partial charge in [-0.25, -0.2) is 8.78 Å². The first-order valence-corrected chi connectivity index (χ1v) is 10.7. The summed E-state index contributed by atoms with van der Waals surface area (Å²) in [6, 6.07) is 0. The van der Waals surface area contributed by atoms with Crippen LogP contribution < -0.4 is 0 Å². The molecule has 0 saturated heterocycles. The number of carbonyl (C=O) groups is 2. The summed E-state index contributed by atoms with van der Waals surface area (Å²) in [5, 5.41) is 31.5. The summed E-state index contributed by atoms with van der Waals surface area (Å²) in [6.07, 6.45) is -0.817. The second-order valence-corrected chi connectivity index (χ2v) is 10.3. The maximum atomic E-state index is 16.9. The van der Waals surface area contributed by atoms with Crippen LogP contribution in [0.2, 0.25) is 0 Å². The van der Waals surface area contributed by atoms with Crippen LogP contribution in [0.3, 0.4) is 0 Å². The van der Waals surface area contributed by atoms with Gasteiger partial charge < -0.3 is 15.3 Å². The molecule has 0 spiro atoms. The first-order chi connectivity index (χ1) is 13.4. The third-order valence-corrected chi connectivity index (χ3v) is 9.06. The van der Waals surface area contributed by atoms with Gasteiger partial charge in [0, 0.05) is 16.7 Å². The minimum atomic E-state index is -2.27. The van der Waals surface area contributed by atoms with E-state index in [0.29, 0.717) is 0 Å². The molecule has 160 valence electrons. The highest BCUT2D eigenvalue weighted by Crippen LogP contribution is 2.70. The molecule has 29 heavy (non-hydrogen) atoms. The number of hydrogen-bond donors (Lipinski definition) is 3. The van der Waals surface area contributed by atoms with Gasteiger partial charge in [0.15, 0.2) is 17.2 Å². The number of aliphatic hydroxyl groups excluding tert-OH is 2. The van der Waals surface area contributed by atoms with Gasteiger partial charge in [-0.05, 0) is 66.1 Å². The SMILES string of the molecule is C[C@]12C=C(Br)C(=O)C=C1[C@H](F)C[C@H]1[C@@H]3CC[C@](O)(C(=O)CO)[C@@]3(C)C[C@H](O)[C@@]12F. The lowest BCUT2D eigenvalue weighted by Gasteiger charge is -2.63. The van der Waals surface area contributed by atoms with E-state index in [1.165, 1.54) is 13.0 Å². The molecule has 4 aliphatic carbocycles. The number of hydrogen-bond acceptors (Lipinski definition) is 5. The Bertz CT molecular complexity index is 858. The van der Waals surface area contributed by atoms with Crippen molar-refractivity contribution < 1.29 is 33.7 Å². The number of fused-ring (bicyclic) bond motifs is 5. The summed E-state index contributed by atoms with van der Waals surface area (Å²) in [6.45, 7) is 2.27. The normalized spacial score (nSPS) is 51.5. The van der Waals surface area contributed by atoms with E-state index in [9.17, 15) is 24.9 Å². The van der Waals surface area contributed by atoms with Crippen molar-refractivity contribution in [3.8, 4) is 0 Å². The minimum absolute atomic E-state index is 0.0202. The lowest BCUT2D eigenvalue weighted by Crippen LogP contribution is -2.70. The van der Waals surface area contributed by atoms with Crippen molar-refractivity contribution in [3.63, 3.8) is 0 Å². The Labute approximate surface area is 176 Å². The molecule has 4 rings (SSSR count). The van der Waals surface area contributed by atoms with E-state index in [1.807, 2.05) is 0 Å². The van der Waals surface area contributed by atoms with Crippen LogP contribution in [0.5, 0.6) is 0 Å². The summed E-state index contributed by atoms with van der Waals surface area (Å²) >= 11 is 3.13. The van der Waals surface area contributed by atoms with Crippen molar-refractivity contribution in [2.75, 3.05) is 6.61 Å². The fraction of sp³-hybridized carbons (Fsp3) is 0.714. The van der Waals surface area contributed by atoms with Crippen molar-refractivity contribution in [2.45, 2.75) is 63.1 Å². The number of ketones is 2. The van der Waals surface area contributed by atoms with E-state index in [1.54, 1.807) is 6.92 Å². The molecule has 0 heterocycles. The van der Waals surface area contributed by atoms with E-state index in [2.05, 4.69) is 15.9 Å². The number of halogens is 3. The molecule has 8 heteroatoms. The van der Waals surface area contributed by atoms with E-state index < -0.39 is 64.4 Å². The molecular weight excluding hydrogens is 450 g/mol. The first kappa shape index (κ1) is 21.3. The summed E-state index contributed by atoms with van der Waals surface area (Å²) in [4.78, 5) is 24.4. The maximum absolute atomic E-state index is 16.9. The van der Waals surface area contributed by atoms with Crippen LogP contribution in [0.15, 0.2) is 22.2 Å². The largest absolute Gasteiger partial charge is 0.390 e. The Kier molecular flexibility index (Phi) is 4.61. The lowest BCUT2D eigenvalue weighted by atomic mass is 9.44. The zero-order valence-electron chi connectivity index (χ0n) is 16.3. The maximum Gasteiger partial charge on any atom is 0.192 e. The third kappa shape index (κ3) is 2.34. The van der Waals surface area contributed by atoms with Gasteiger partial charge in [-0.15, -0.1) is 0 Å². The number of Topliss-reactive ketones (excluding diaryl/α,β-unsaturated/α-hetero) is 1. The van der Waals surface area contributed by atoms with Crippen LogP contribution in [-0.2, 0) is 9.59 Å². The molecule has 0 radical (unpaired) electrons. The summed E-state index contributed by atoms with van der Waals surface area (Å²) in [5.74, 6) is -2.72. The minimum Gasteiger partial charge on any atom is -0.390 e. The van der Waals surface area contributed by atoms with Crippen LogP contribution in [0.25, 0.3) is 0 Å². The monoisotopic (exact) mass is 474 g/mol. The summed E-state index contributed by atoms with van der Waals surface area (Å²) in [5.41, 5.74) is -6.86. The van der Waals surface area contributed by atoms with Crippen molar-refractivity contribution in [1.82, 2.24) is 0 Å². The van der Waals surface area contributed by atoms with Gasteiger partial charge in [0.25, 0.3) is 0 Å². The molecule has 3 saturated carbocycles. The van der Waals surface area contributed by atoms with Gasteiger partial charge in [-0.1, -0.05) is 13.0 Å². The number of rotatable bonds is 2. The molecule has 0 unspecified atom stereocenters. The Morgan fingerprint density at radius 3 is 2.62 bits per heavy atom. The fourth-order valence-corrected chi connectivity index (χ4v) is 7.42. The van der Waals surface area contributed by atoms with Gasteiger partial charge in [0.2, 0.25) is 0 Å². The van der Waals surface area contributed by atoms with Crippen LogP contribution >= 0.6 is 15.9 Å². The first-order valence-electron chi connectivity index (χ1n) is 9.89. The second-order valence-electron chi connectivity index (χ2n) is 9.46. The van der Waals surface area contributed by atoms with Crippen LogP contribution in [-0.4, -0.2) is 57.0 Å². The molecule has 0 aliphatic heterocycles. The molecule has 0 aromatic rings. The molecule has 5 nitrogen and oxygen atoms in total. The highest BCUT2D eigenvalue weighted by molar-refractivity contribution is 9.12. The average Bonchev–Trinajstić information content (AvgIpc) is 2.91. The second kappa shape index (κ2) is 6.28. The van der Waals surface area contributed by atoms with Gasteiger partial charge in [0.05, 0.1) is 10.6 Å². The van der Waals surface area contributed by atoms with E-state index in [-0.39, 0.29) is 35.7 Å². The number of carbonyl (C=O) groups excluding carboxylic acids is 2. The quantitative estimate of drug-likeness (QED) is 0.570. The van der Waals surface area contributed by atoms with Gasteiger partial charge in [-0.3, -0.25) is 9.59 Å². The molecule has 0 bridgehead atoms. The average molecular weight is 475 g/mol. The third-order valence-electron chi connectivity index (χ3n) is 8.44. The van der Waals surface area contributed by atoms with E-state index in [4.69, 9.17) is 0 Å². The van der Waals surface area contributed by atoms with Crippen molar-refractivity contribution in [1.29, 1.82) is 0 Å². The standard InChI is InChI=1S/C21H25BrF2O5/c1-18-8-16(27)21(24)11(10(18)3-4-20(18,29)17(28)9-25)5-14(23)12-6-15(26)13(22)7-19(12,21)2/h6-7,10-11,14,16,25,27,29H,3-5,8-9H2,1-2H3/t10-,11-,14+,16-,18-,19-,20-,21-/m0/s1. The van der Waals surface area contributed by atoms with Crippen LogP contribution in [0, 0.1) is 22.7 Å². The molecule has 3 N–H and O–H groups in total. The van der Waals surface area contributed by atoms with Crippen molar-refractivity contribution >= 4 is 27.5 Å². The van der Waals surface area contributed by atoms with Crippen LogP contribution in [0.1, 0.15) is 39.5 Å². The molecule has 0 aromatic heterocycles. The predicted molar refractivity (Wildman–Crippen MR) is 104 cm³/mol. The number of aliphatic hydroxyl groups is 3. The van der Waals surface area contributed by atoms with Gasteiger partial charge >= 0.3 is 0 Å². The molecule has 0 aromatic carbocycles. The fourth-order valence-electron chi connectivity index (χ4n) is 6.85. The molecule has 8 atom stereocenters. The highest BCUT2D eigenvalue weighted by atomic mass is 79.9. The Morgan fingerprint density at radius 1 is 1.34 bits per heavy atom. The topological polar surface area (TPSA) is 94.8 Å². The number of alkyl halides is 2. The highest BCUT2D eigenvalue weighted by Gasteiger charge is 2.75. The van der Waals surface area contributed by atoms with Crippen molar-refractivity contribution in [3.05, 3.63) is 22.2 Å². The predicted octanol–water partition coefficient (Wildman–Crippen LogP) is 2.32. The van der Waals surface area contributed by atoms with Gasteiger partial charge in [-0.2, -0.15) is 0 Å². The Hall–Kier alpha value is -0.960. The molecular formula is C21H25BrF2O5. The summed E-state index contributed by atoms with van der Waals surface area (Å²) < 4.78 is 32.3. The molecule has 0 amide bonds. The molecule has 3 fully saturated rings. The number of allylic oxidation sites excluding steroid dienone is 4. The Morgan fingerprint density at radius 2 is 2.00 bits per heavy atom.